The van der Waals surface area contributed by atoms with Crippen LogP contribution in [-0.2, 0) is 0 Å². The Labute approximate surface area is 94.8 Å². The maximum Gasteiger partial charge on any atom is 0.114 e. The molecule has 0 aromatic heterocycles. The van der Waals surface area contributed by atoms with Gasteiger partial charge in [0.05, 0.1) is 0 Å². The van der Waals surface area contributed by atoms with Gasteiger partial charge in [0.1, 0.15) is 8.07 Å². The molecule has 0 fully saturated rings. The summed E-state index contributed by atoms with van der Waals surface area (Å²) in [4.78, 5) is 0. The van der Waals surface area contributed by atoms with E-state index in [0.29, 0.717) is 11.0 Å². The van der Waals surface area contributed by atoms with Crippen molar-refractivity contribution in [2.24, 2.45) is 0 Å². The molecule has 4 heteroatoms. The van der Waals surface area contributed by atoms with Crippen molar-refractivity contribution in [3.63, 3.8) is 0 Å². The number of alkyl halides is 2. The summed E-state index contributed by atoms with van der Waals surface area (Å²) in [5.74, 6) is 0. The van der Waals surface area contributed by atoms with Crippen molar-refractivity contribution >= 4 is 48.1 Å². The minimum absolute atomic E-state index is 0.651. The molecule has 0 saturated heterocycles. The van der Waals surface area contributed by atoms with Gasteiger partial charge in [-0.05, 0) is 12.1 Å². The maximum atomic E-state index is 5.93. The molecule has 0 radical (unpaired) electrons. The van der Waals surface area contributed by atoms with Crippen molar-refractivity contribution in [3.8, 4) is 0 Å². The Bertz CT molecular complexity index is 267. The molecule has 0 aliphatic rings. The van der Waals surface area contributed by atoms with Crippen LogP contribution in [0.5, 0.6) is 0 Å². The molecule has 72 valence electrons. The first-order chi connectivity index (χ1) is 6.12. The first-order valence-corrected chi connectivity index (χ1v) is 8.36. The summed E-state index contributed by atoms with van der Waals surface area (Å²) < 4.78 is 0. The quantitative estimate of drug-likeness (QED) is 0.573. The normalized spacial score (nSPS) is 11.7. The predicted octanol–water partition coefficient (Wildman–Crippen LogP) is 3.18. The first kappa shape index (κ1) is 11.4. The standard InChI is InChI=1S/C9H11Cl3Si/c1-13(6-10,7-11)9-4-2-8(12)3-5-9/h2-5H,6-7H2,1H3. The Morgan fingerprint density at radius 1 is 1.08 bits per heavy atom. The third kappa shape index (κ3) is 2.63. The summed E-state index contributed by atoms with van der Waals surface area (Å²) in [6, 6.07) is 7.83. The minimum atomic E-state index is -1.62. The second-order valence-electron chi connectivity index (χ2n) is 3.33. The van der Waals surface area contributed by atoms with Crippen LogP contribution in [0.4, 0.5) is 0 Å². The van der Waals surface area contributed by atoms with Gasteiger partial charge in [-0.15, -0.1) is 23.2 Å². The zero-order valence-corrected chi connectivity index (χ0v) is 10.6. The lowest BCUT2D eigenvalue weighted by atomic mass is 10.4. The summed E-state index contributed by atoms with van der Waals surface area (Å²) in [5.41, 5.74) is 1.30. The van der Waals surface area contributed by atoms with Gasteiger partial charge < -0.3 is 0 Å². The lowest BCUT2D eigenvalue weighted by molar-refractivity contribution is 1.63. The fraction of sp³-hybridized carbons (Fsp3) is 0.333. The average molecular weight is 254 g/mol. The molecule has 0 aliphatic heterocycles. The van der Waals surface area contributed by atoms with Crippen LogP contribution in [0.25, 0.3) is 0 Å². The van der Waals surface area contributed by atoms with E-state index in [1.54, 1.807) is 0 Å². The van der Waals surface area contributed by atoms with Crippen LogP contribution in [-0.4, -0.2) is 19.1 Å². The lowest BCUT2D eigenvalue weighted by Gasteiger charge is -2.22. The van der Waals surface area contributed by atoms with E-state index >= 15 is 0 Å². The van der Waals surface area contributed by atoms with Crippen molar-refractivity contribution in [2.75, 3.05) is 11.0 Å². The van der Waals surface area contributed by atoms with Crippen LogP contribution in [0.1, 0.15) is 0 Å². The van der Waals surface area contributed by atoms with E-state index in [1.165, 1.54) is 5.19 Å². The van der Waals surface area contributed by atoms with Gasteiger partial charge in [-0.25, -0.2) is 0 Å². The van der Waals surface area contributed by atoms with Crippen LogP contribution in [0.3, 0.4) is 0 Å². The zero-order valence-electron chi connectivity index (χ0n) is 7.36. The third-order valence-electron chi connectivity index (χ3n) is 2.13. The zero-order chi connectivity index (χ0) is 9.90. The van der Waals surface area contributed by atoms with E-state index in [0.717, 1.165) is 5.02 Å². The molecule has 13 heavy (non-hydrogen) atoms. The highest BCUT2D eigenvalue weighted by Crippen LogP contribution is 2.11. The van der Waals surface area contributed by atoms with Crippen LogP contribution in [0, 0.1) is 0 Å². The SMILES string of the molecule is C[Si](CCl)(CCl)c1ccc(Cl)cc1. The molecule has 0 aliphatic carbocycles. The molecule has 1 aromatic rings. The second kappa shape index (κ2) is 4.69. The van der Waals surface area contributed by atoms with Crippen molar-refractivity contribution in [1.82, 2.24) is 0 Å². The molecular formula is C9H11Cl3Si. The predicted molar refractivity (Wildman–Crippen MR) is 64.1 cm³/mol. The highest BCUT2D eigenvalue weighted by molar-refractivity contribution is 6.98. The van der Waals surface area contributed by atoms with Gasteiger partial charge in [0.25, 0.3) is 0 Å². The molecule has 0 atom stereocenters. The fourth-order valence-corrected chi connectivity index (χ4v) is 4.30. The van der Waals surface area contributed by atoms with Crippen LogP contribution in [0.15, 0.2) is 24.3 Å². The Balaban J connectivity index is 2.99. The van der Waals surface area contributed by atoms with Crippen LogP contribution in [0.2, 0.25) is 11.6 Å². The summed E-state index contributed by atoms with van der Waals surface area (Å²) >= 11 is 17.7. The molecule has 0 amide bonds. The van der Waals surface area contributed by atoms with Gasteiger partial charge in [-0.3, -0.25) is 0 Å². The molecule has 0 unspecified atom stereocenters. The van der Waals surface area contributed by atoms with Crippen LogP contribution < -0.4 is 5.19 Å². The number of hydrogen-bond donors (Lipinski definition) is 0. The van der Waals surface area contributed by atoms with Gasteiger partial charge in [0.2, 0.25) is 0 Å². The topological polar surface area (TPSA) is 0 Å². The Morgan fingerprint density at radius 3 is 1.92 bits per heavy atom. The number of hydrogen-bond acceptors (Lipinski definition) is 0. The van der Waals surface area contributed by atoms with Gasteiger partial charge >= 0.3 is 0 Å². The number of halogens is 3. The molecule has 0 spiro atoms. The van der Waals surface area contributed by atoms with Gasteiger partial charge in [-0.1, -0.05) is 35.5 Å². The third-order valence-corrected chi connectivity index (χ3v) is 8.83. The highest BCUT2D eigenvalue weighted by Gasteiger charge is 2.27. The van der Waals surface area contributed by atoms with E-state index in [-0.39, 0.29) is 0 Å². The van der Waals surface area contributed by atoms with E-state index < -0.39 is 8.07 Å². The highest BCUT2D eigenvalue weighted by atomic mass is 35.5. The lowest BCUT2D eigenvalue weighted by Crippen LogP contribution is -2.49. The fourth-order valence-electron chi connectivity index (χ4n) is 1.04. The van der Waals surface area contributed by atoms with Crippen molar-refractivity contribution in [1.29, 1.82) is 0 Å². The Kier molecular flexibility index (Phi) is 4.11. The smallest absolute Gasteiger partial charge is 0.114 e. The summed E-state index contributed by atoms with van der Waals surface area (Å²) in [6.45, 7) is 2.18. The summed E-state index contributed by atoms with van der Waals surface area (Å²) in [6.07, 6.45) is 0. The average Bonchev–Trinajstić information content (AvgIpc) is 2.18. The van der Waals surface area contributed by atoms with Crippen molar-refractivity contribution in [3.05, 3.63) is 29.3 Å². The Hall–Kier alpha value is 0.307. The van der Waals surface area contributed by atoms with Gasteiger partial charge in [-0.2, -0.15) is 0 Å². The number of rotatable bonds is 3. The van der Waals surface area contributed by atoms with Gasteiger partial charge in [0, 0.05) is 16.0 Å². The largest absolute Gasteiger partial charge is 0.130 e. The molecule has 0 heterocycles. The summed E-state index contributed by atoms with van der Waals surface area (Å²) in [5, 5.41) is 2.02. The molecule has 1 rings (SSSR count). The molecule has 0 bridgehead atoms. The van der Waals surface area contributed by atoms with Gasteiger partial charge in [0.15, 0.2) is 0 Å². The molecule has 0 N–H and O–H groups in total. The summed E-state index contributed by atoms with van der Waals surface area (Å²) in [7, 11) is -1.62. The van der Waals surface area contributed by atoms with Crippen molar-refractivity contribution in [2.45, 2.75) is 6.55 Å². The van der Waals surface area contributed by atoms with E-state index in [1.807, 2.05) is 24.3 Å². The second-order valence-corrected chi connectivity index (χ2v) is 9.61. The Morgan fingerprint density at radius 2 is 1.54 bits per heavy atom. The monoisotopic (exact) mass is 252 g/mol. The molecule has 0 nitrogen and oxygen atoms in total. The van der Waals surface area contributed by atoms with E-state index in [9.17, 15) is 0 Å². The van der Waals surface area contributed by atoms with Crippen LogP contribution >= 0.6 is 34.8 Å². The first-order valence-electron chi connectivity index (χ1n) is 4.00. The van der Waals surface area contributed by atoms with Crippen molar-refractivity contribution < 1.29 is 0 Å². The van der Waals surface area contributed by atoms with E-state index in [2.05, 4.69) is 6.55 Å². The molecule has 0 saturated carbocycles. The van der Waals surface area contributed by atoms with E-state index in [4.69, 9.17) is 34.8 Å². The molecular weight excluding hydrogens is 243 g/mol. The minimum Gasteiger partial charge on any atom is -0.130 e. The number of benzene rings is 1. The molecule has 1 aromatic carbocycles. The maximum absolute atomic E-state index is 5.93.